The van der Waals surface area contributed by atoms with Gasteiger partial charge >= 0.3 is 0 Å². The second kappa shape index (κ2) is 8.84. The van der Waals surface area contributed by atoms with Crippen LogP contribution >= 0.6 is 11.3 Å². The van der Waals surface area contributed by atoms with Gasteiger partial charge in [0.05, 0.1) is 25.6 Å². The van der Waals surface area contributed by atoms with Crippen molar-refractivity contribution in [2.24, 2.45) is 0 Å². The molecule has 0 atom stereocenters. The molecule has 0 aliphatic carbocycles. The summed E-state index contributed by atoms with van der Waals surface area (Å²) < 4.78 is 12.9. The monoisotopic (exact) mass is 422 g/mol. The molecular formula is C22H22N4O3S. The molecule has 1 aromatic carbocycles. The molecule has 154 valence electrons. The molecule has 7 nitrogen and oxygen atoms in total. The van der Waals surface area contributed by atoms with Crippen molar-refractivity contribution in [2.75, 3.05) is 19.5 Å². The van der Waals surface area contributed by atoms with Crippen LogP contribution in [-0.4, -0.2) is 29.7 Å². The maximum atomic E-state index is 12.5. The summed E-state index contributed by atoms with van der Waals surface area (Å²) in [5.74, 6) is 0.896. The van der Waals surface area contributed by atoms with E-state index in [1.807, 2.05) is 61.1 Å². The molecule has 8 heteroatoms. The summed E-state index contributed by atoms with van der Waals surface area (Å²) in [6.45, 7) is 5.72. The average Bonchev–Trinajstić information content (AvgIpc) is 3.26. The number of aryl methyl sites for hydroxylation is 2. The first kappa shape index (κ1) is 21.1. The van der Waals surface area contributed by atoms with Crippen molar-refractivity contribution in [3.05, 3.63) is 57.9 Å². The topological polar surface area (TPSA) is 89.2 Å². The summed E-state index contributed by atoms with van der Waals surface area (Å²) >= 11 is 1.32. The fraction of sp³-hybridized carbons (Fsp3) is 0.227. The SMILES string of the molecule is COc1ccc(OC)c(-n2c(C)cc(/C=C(/C#N)C(=O)Nc3nc(C)cs3)c2C)c1. The second-order valence-electron chi connectivity index (χ2n) is 6.62. The van der Waals surface area contributed by atoms with Crippen LogP contribution in [-0.2, 0) is 4.79 Å². The number of methoxy groups -OCH3 is 2. The minimum atomic E-state index is -0.490. The van der Waals surface area contributed by atoms with Gasteiger partial charge in [0.1, 0.15) is 23.1 Å². The lowest BCUT2D eigenvalue weighted by Gasteiger charge is -2.15. The number of carbonyl (C=O) groups is 1. The van der Waals surface area contributed by atoms with Gasteiger partial charge in [-0.2, -0.15) is 5.26 Å². The van der Waals surface area contributed by atoms with E-state index in [9.17, 15) is 10.1 Å². The maximum absolute atomic E-state index is 12.5. The summed E-state index contributed by atoms with van der Waals surface area (Å²) in [6, 6.07) is 9.46. The van der Waals surface area contributed by atoms with Gasteiger partial charge in [-0.3, -0.25) is 10.1 Å². The number of nitrogens with zero attached hydrogens (tertiary/aromatic N) is 3. The Morgan fingerprint density at radius 3 is 2.60 bits per heavy atom. The molecule has 0 fully saturated rings. The van der Waals surface area contributed by atoms with Crippen LogP contribution in [0, 0.1) is 32.1 Å². The third-order valence-corrected chi connectivity index (χ3v) is 5.48. The quantitative estimate of drug-likeness (QED) is 0.469. The van der Waals surface area contributed by atoms with Crippen molar-refractivity contribution in [1.82, 2.24) is 9.55 Å². The van der Waals surface area contributed by atoms with Crippen LogP contribution in [0.25, 0.3) is 11.8 Å². The lowest BCUT2D eigenvalue weighted by Crippen LogP contribution is -2.13. The molecule has 1 N–H and O–H groups in total. The van der Waals surface area contributed by atoms with E-state index >= 15 is 0 Å². The van der Waals surface area contributed by atoms with Gasteiger partial charge in [-0.15, -0.1) is 11.3 Å². The van der Waals surface area contributed by atoms with E-state index in [-0.39, 0.29) is 5.57 Å². The standard InChI is InChI=1S/C22H22N4O3S/c1-13-12-30-22(24-13)25-21(27)17(11-23)9-16-8-14(2)26(15(16)3)19-10-18(28-4)6-7-20(19)29-5/h6-10,12H,1-5H3,(H,24,25,27)/b17-9-. The van der Waals surface area contributed by atoms with Crippen LogP contribution in [0.2, 0.25) is 0 Å². The van der Waals surface area contributed by atoms with E-state index in [0.29, 0.717) is 16.6 Å². The first-order valence-electron chi connectivity index (χ1n) is 9.14. The highest BCUT2D eigenvalue weighted by molar-refractivity contribution is 7.13. The molecular weight excluding hydrogens is 400 g/mol. The molecule has 0 saturated carbocycles. The summed E-state index contributed by atoms with van der Waals surface area (Å²) in [6.07, 6.45) is 1.58. The highest BCUT2D eigenvalue weighted by atomic mass is 32.1. The molecule has 0 bridgehead atoms. The lowest BCUT2D eigenvalue weighted by molar-refractivity contribution is -0.112. The predicted molar refractivity (Wildman–Crippen MR) is 117 cm³/mol. The number of amides is 1. The number of thiazole rings is 1. The van der Waals surface area contributed by atoms with Gasteiger partial charge in [0.2, 0.25) is 0 Å². The molecule has 2 aromatic heterocycles. The number of hydrogen-bond acceptors (Lipinski definition) is 6. The van der Waals surface area contributed by atoms with E-state index in [4.69, 9.17) is 9.47 Å². The number of hydrogen-bond donors (Lipinski definition) is 1. The van der Waals surface area contributed by atoms with Crippen molar-refractivity contribution in [2.45, 2.75) is 20.8 Å². The van der Waals surface area contributed by atoms with Gasteiger partial charge in [-0.25, -0.2) is 4.98 Å². The highest BCUT2D eigenvalue weighted by Crippen LogP contribution is 2.32. The Balaban J connectivity index is 2.00. The van der Waals surface area contributed by atoms with Crippen LogP contribution in [0.15, 0.2) is 35.2 Å². The predicted octanol–water partition coefficient (Wildman–Crippen LogP) is 4.42. The number of nitrogens with one attached hydrogen (secondary N) is 1. The Morgan fingerprint density at radius 2 is 2.00 bits per heavy atom. The molecule has 0 aliphatic heterocycles. The molecule has 0 spiro atoms. The number of aromatic nitrogens is 2. The van der Waals surface area contributed by atoms with Gasteiger partial charge in [0, 0.05) is 22.8 Å². The molecule has 0 radical (unpaired) electrons. The average molecular weight is 423 g/mol. The number of nitriles is 1. The smallest absolute Gasteiger partial charge is 0.268 e. The van der Waals surface area contributed by atoms with E-state index in [2.05, 4.69) is 10.3 Å². The first-order chi connectivity index (χ1) is 14.4. The summed E-state index contributed by atoms with van der Waals surface area (Å²) in [4.78, 5) is 16.7. The number of anilines is 1. The Kier molecular flexibility index (Phi) is 6.23. The molecule has 1 amide bonds. The Bertz CT molecular complexity index is 1170. The summed E-state index contributed by atoms with van der Waals surface area (Å²) in [7, 11) is 3.22. The molecule has 30 heavy (non-hydrogen) atoms. The third kappa shape index (κ3) is 4.21. The van der Waals surface area contributed by atoms with Crippen molar-refractivity contribution in [3.8, 4) is 23.3 Å². The zero-order valence-corrected chi connectivity index (χ0v) is 18.3. The zero-order chi connectivity index (χ0) is 21.8. The van der Waals surface area contributed by atoms with Crippen LogP contribution in [0.5, 0.6) is 11.5 Å². The van der Waals surface area contributed by atoms with Crippen molar-refractivity contribution >= 4 is 28.5 Å². The first-order valence-corrected chi connectivity index (χ1v) is 10.0. The minimum Gasteiger partial charge on any atom is -0.497 e. The van der Waals surface area contributed by atoms with E-state index in [0.717, 1.165) is 28.3 Å². The molecule has 0 unspecified atom stereocenters. The van der Waals surface area contributed by atoms with Gasteiger partial charge in [0.25, 0.3) is 5.91 Å². The Labute approximate surface area is 179 Å². The number of benzene rings is 1. The molecule has 2 heterocycles. The molecule has 3 aromatic rings. The van der Waals surface area contributed by atoms with Crippen molar-refractivity contribution in [1.29, 1.82) is 5.26 Å². The number of rotatable bonds is 6. The maximum Gasteiger partial charge on any atom is 0.268 e. The van der Waals surface area contributed by atoms with E-state index in [1.165, 1.54) is 11.3 Å². The summed E-state index contributed by atoms with van der Waals surface area (Å²) in [5, 5.41) is 14.5. The van der Waals surface area contributed by atoms with E-state index < -0.39 is 5.91 Å². The fourth-order valence-electron chi connectivity index (χ4n) is 3.16. The van der Waals surface area contributed by atoms with Crippen molar-refractivity contribution < 1.29 is 14.3 Å². The van der Waals surface area contributed by atoms with E-state index in [1.54, 1.807) is 20.3 Å². The molecule has 0 aliphatic rings. The van der Waals surface area contributed by atoms with Crippen molar-refractivity contribution in [3.63, 3.8) is 0 Å². The number of carbonyl (C=O) groups excluding carboxylic acids is 1. The van der Waals surface area contributed by atoms with Crippen LogP contribution in [0.4, 0.5) is 5.13 Å². The van der Waals surface area contributed by atoms with Gasteiger partial charge in [-0.1, -0.05) is 0 Å². The molecule has 3 rings (SSSR count). The Hall–Kier alpha value is -3.57. The zero-order valence-electron chi connectivity index (χ0n) is 17.4. The van der Waals surface area contributed by atoms with Gasteiger partial charge < -0.3 is 14.0 Å². The lowest BCUT2D eigenvalue weighted by atomic mass is 10.1. The third-order valence-electron chi connectivity index (χ3n) is 4.60. The fourth-order valence-corrected chi connectivity index (χ4v) is 3.84. The normalized spacial score (nSPS) is 11.1. The summed E-state index contributed by atoms with van der Waals surface area (Å²) in [5.41, 5.74) is 4.18. The molecule has 0 saturated heterocycles. The van der Waals surface area contributed by atoms with Gasteiger partial charge in [0.15, 0.2) is 5.13 Å². The van der Waals surface area contributed by atoms with Crippen LogP contribution in [0.1, 0.15) is 22.6 Å². The van der Waals surface area contributed by atoms with Crippen LogP contribution < -0.4 is 14.8 Å². The highest BCUT2D eigenvalue weighted by Gasteiger charge is 2.17. The number of ether oxygens (including phenoxy) is 2. The largest absolute Gasteiger partial charge is 0.497 e. The van der Waals surface area contributed by atoms with Crippen LogP contribution in [0.3, 0.4) is 0 Å². The second-order valence-corrected chi connectivity index (χ2v) is 7.48. The van der Waals surface area contributed by atoms with Gasteiger partial charge in [-0.05, 0) is 50.6 Å². The Morgan fingerprint density at radius 1 is 1.23 bits per heavy atom. The minimum absolute atomic E-state index is 0.000658.